The number of rotatable bonds is 0. The maximum Gasteiger partial charge on any atom is 0.0168 e. The van der Waals surface area contributed by atoms with Crippen LogP contribution < -0.4 is 0 Å². The molecule has 3 aromatic rings. The summed E-state index contributed by atoms with van der Waals surface area (Å²) in [5.74, 6) is 0. The van der Waals surface area contributed by atoms with Gasteiger partial charge in [-0.2, -0.15) is 0 Å². The molecule has 0 radical (unpaired) electrons. The summed E-state index contributed by atoms with van der Waals surface area (Å²) in [4.78, 5) is 3.08. The van der Waals surface area contributed by atoms with E-state index in [2.05, 4.69) is 35.0 Å². The van der Waals surface area contributed by atoms with Gasteiger partial charge in [0.25, 0.3) is 0 Å². The average molecular weight is 266 g/mol. The van der Waals surface area contributed by atoms with Crippen LogP contribution in [-0.2, 0) is 12.8 Å². The second-order valence-corrected chi connectivity index (χ2v) is 7.04. The molecule has 2 heteroatoms. The second-order valence-electron chi connectivity index (χ2n) is 5.03. The van der Waals surface area contributed by atoms with Gasteiger partial charge in [-0.15, -0.1) is 22.7 Å². The van der Waals surface area contributed by atoms with Crippen LogP contribution in [0.3, 0.4) is 0 Å². The largest absolute Gasteiger partial charge is 0.148 e. The molecule has 18 heavy (non-hydrogen) atoms. The molecule has 0 amide bonds. The Kier molecular flexibility index (Phi) is 1.66. The van der Waals surface area contributed by atoms with Crippen LogP contribution in [-0.4, -0.2) is 0 Å². The van der Waals surface area contributed by atoms with Crippen molar-refractivity contribution in [2.45, 2.75) is 12.8 Å². The number of hydrogen-bond donors (Lipinski definition) is 0. The summed E-state index contributed by atoms with van der Waals surface area (Å²) in [5.41, 5.74) is 8.98. The van der Waals surface area contributed by atoms with E-state index in [-0.39, 0.29) is 0 Å². The Morgan fingerprint density at radius 3 is 1.67 bits per heavy atom. The lowest BCUT2D eigenvalue weighted by atomic mass is 9.98. The maximum absolute atomic E-state index is 2.44. The third-order valence-electron chi connectivity index (χ3n) is 4.10. The molecule has 2 aromatic heterocycles. The van der Waals surface area contributed by atoms with E-state index < -0.39 is 0 Å². The minimum absolute atomic E-state index is 1.13. The fourth-order valence-electron chi connectivity index (χ4n) is 3.26. The molecule has 0 N–H and O–H groups in total. The van der Waals surface area contributed by atoms with E-state index >= 15 is 0 Å². The van der Waals surface area contributed by atoms with Gasteiger partial charge in [0.1, 0.15) is 0 Å². The first-order valence-electron chi connectivity index (χ1n) is 6.19. The zero-order valence-corrected chi connectivity index (χ0v) is 11.3. The van der Waals surface area contributed by atoms with Crippen molar-refractivity contribution in [1.29, 1.82) is 0 Å². The van der Waals surface area contributed by atoms with Crippen molar-refractivity contribution < 1.29 is 0 Å². The lowest BCUT2D eigenvalue weighted by molar-refractivity contribution is 1.27. The Morgan fingerprint density at radius 1 is 0.667 bits per heavy atom. The lowest BCUT2D eigenvalue weighted by Gasteiger charge is -2.05. The van der Waals surface area contributed by atoms with Crippen LogP contribution in [0.1, 0.15) is 20.9 Å². The number of thiophene rings is 2. The molecule has 5 rings (SSSR count). The highest BCUT2D eigenvalue weighted by atomic mass is 32.1. The molecule has 0 saturated heterocycles. The first kappa shape index (κ1) is 9.54. The van der Waals surface area contributed by atoms with Gasteiger partial charge in [-0.25, -0.2) is 0 Å². The number of benzene rings is 1. The molecule has 1 aromatic carbocycles. The Morgan fingerprint density at radius 2 is 1.17 bits per heavy atom. The molecule has 0 fully saturated rings. The number of fused-ring (bicyclic) bond motifs is 6. The Bertz CT molecular complexity index is 721. The molecule has 2 aliphatic carbocycles. The summed E-state index contributed by atoms with van der Waals surface area (Å²) in [6.45, 7) is 0. The van der Waals surface area contributed by atoms with E-state index in [4.69, 9.17) is 0 Å². The van der Waals surface area contributed by atoms with Crippen molar-refractivity contribution in [2.24, 2.45) is 0 Å². The van der Waals surface area contributed by atoms with Crippen molar-refractivity contribution in [3.8, 4) is 22.3 Å². The minimum atomic E-state index is 1.13. The Balaban J connectivity index is 1.80. The predicted molar refractivity (Wildman–Crippen MR) is 78.7 cm³/mol. The van der Waals surface area contributed by atoms with Crippen LogP contribution in [0.4, 0.5) is 0 Å². The normalized spacial score (nSPS) is 14.2. The second kappa shape index (κ2) is 3.14. The highest BCUT2D eigenvalue weighted by Crippen LogP contribution is 2.47. The lowest BCUT2D eigenvalue weighted by Crippen LogP contribution is -1.86. The molecule has 2 aliphatic rings. The van der Waals surface area contributed by atoms with Gasteiger partial charge in [-0.3, -0.25) is 0 Å². The van der Waals surface area contributed by atoms with E-state index in [1.165, 1.54) is 33.4 Å². The zero-order valence-electron chi connectivity index (χ0n) is 9.69. The van der Waals surface area contributed by atoms with E-state index in [1.54, 1.807) is 9.75 Å². The summed E-state index contributed by atoms with van der Waals surface area (Å²) in [6.07, 6.45) is 2.27. The summed E-state index contributed by atoms with van der Waals surface area (Å²) < 4.78 is 0. The minimum Gasteiger partial charge on any atom is -0.148 e. The third-order valence-corrected chi connectivity index (χ3v) is 5.94. The summed E-state index contributed by atoms with van der Waals surface area (Å²) in [7, 11) is 0. The molecular weight excluding hydrogens is 256 g/mol. The SMILES string of the molecule is c1cc2c(s1)Cc1cc3c(cc1-2)Cc1sccc1-3. The fraction of sp³-hybridized carbons (Fsp3) is 0.125. The molecule has 0 bridgehead atoms. The van der Waals surface area contributed by atoms with Gasteiger partial charge in [0.05, 0.1) is 0 Å². The summed E-state index contributed by atoms with van der Waals surface area (Å²) in [5, 5.41) is 4.44. The molecule has 0 spiro atoms. The molecule has 0 atom stereocenters. The van der Waals surface area contributed by atoms with Crippen LogP contribution >= 0.6 is 22.7 Å². The molecule has 86 valence electrons. The van der Waals surface area contributed by atoms with Crippen LogP contribution in [0.25, 0.3) is 22.3 Å². The monoisotopic (exact) mass is 266 g/mol. The van der Waals surface area contributed by atoms with Gasteiger partial charge in [0.2, 0.25) is 0 Å². The highest BCUT2D eigenvalue weighted by Gasteiger charge is 2.26. The van der Waals surface area contributed by atoms with Crippen molar-refractivity contribution in [3.63, 3.8) is 0 Å². The Hall–Kier alpha value is -1.38. The van der Waals surface area contributed by atoms with E-state index in [0.717, 1.165) is 12.8 Å². The van der Waals surface area contributed by atoms with Crippen molar-refractivity contribution in [3.05, 3.63) is 55.9 Å². The summed E-state index contributed by atoms with van der Waals surface area (Å²) >= 11 is 3.79. The Labute approximate surface area is 114 Å². The standard InChI is InChI=1S/C16H10S2/c1-3-17-15-7-9-6-14-10(5-13(9)11(1)15)8-16-12(14)2-4-18-16/h1-6H,7-8H2. The fourth-order valence-corrected chi connectivity index (χ4v) is 5.09. The average Bonchev–Trinajstić information content (AvgIpc) is 3.04. The van der Waals surface area contributed by atoms with E-state index in [0.29, 0.717) is 0 Å². The van der Waals surface area contributed by atoms with E-state index in [9.17, 15) is 0 Å². The van der Waals surface area contributed by atoms with Gasteiger partial charge >= 0.3 is 0 Å². The van der Waals surface area contributed by atoms with Gasteiger partial charge in [0.15, 0.2) is 0 Å². The van der Waals surface area contributed by atoms with Crippen LogP contribution in [0.5, 0.6) is 0 Å². The van der Waals surface area contributed by atoms with Gasteiger partial charge in [-0.1, -0.05) is 0 Å². The van der Waals surface area contributed by atoms with Crippen LogP contribution in [0.15, 0.2) is 35.0 Å². The van der Waals surface area contributed by atoms with Gasteiger partial charge < -0.3 is 0 Å². The van der Waals surface area contributed by atoms with Crippen molar-refractivity contribution in [2.75, 3.05) is 0 Å². The highest BCUT2D eigenvalue weighted by molar-refractivity contribution is 7.10. The van der Waals surface area contributed by atoms with Crippen LogP contribution in [0, 0.1) is 0 Å². The first-order chi connectivity index (χ1) is 8.90. The number of hydrogen-bond acceptors (Lipinski definition) is 2. The molecule has 0 saturated carbocycles. The topological polar surface area (TPSA) is 0 Å². The van der Waals surface area contributed by atoms with E-state index in [1.807, 2.05) is 22.7 Å². The quantitative estimate of drug-likeness (QED) is 0.372. The molecule has 0 nitrogen and oxygen atoms in total. The third kappa shape index (κ3) is 1.06. The summed E-state index contributed by atoms with van der Waals surface area (Å²) in [6, 6.07) is 9.44. The van der Waals surface area contributed by atoms with Crippen molar-refractivity contribution in [1.82, 2.24) is 0 Å². The van der Waals surface area contributed by atoms with Gasteiger partial charge in [0, 0.05) is 22.6 Å². The van der Waals surface area contributed by atoms with Crippen molar-refractivity contribution >= 4 is 22.7 Å². The molecule has 2 heterocycles. The maximum atomic E-state index is 2.44. The molecule has 0 unspecified atom stereocenters. The zero-order chi connectivity index (χ0) is 11.7. The molecule has 0 aliphatic heterocycles. The van der Waals surface area contributed by atoms with Gasteiger partial charge in [-0.05, 0) is 68.4 Å². The predicted octanol–water partition coefficient (Wildman–Crippen LogP) is 4.95. The molecular formula is C16H10S2. The van der Waals surface area contributed by atoms with Crippen LogP contribution in [0.2, 0.25) is 0 Å². The smallest absolute Gasteiger partial charge is 0.0168 e. The first-order valence-corrected chi connectivity index (χ1v) is 7.95.